The highest BCUT2D eigenvalue weighted by molar-refractivity contribution is 7.89. The number of hydrogen-bond donors (Lipinski definition) is 0. The lowest BCUT2D eigenvalue weighted by Crippen LogP contribution is -2.26. The van der Waals surface area contributed by atoms with Gasteiger partial charge in [0, 0.05) is 19.7 Å². The third-order valence-corrected chi connectivity index (χ3v) is 8.30. The van der Waals surface area contributed by atoms with Gasteiger partial charge in [-0.1, -0.05) is 11.3 Å². The normalized spacial score (nSPS) is 12.7. The highest BCUT2D eigenvalue weighted by Gasteiger charge is 2.22. The molecule has 9 heteroatoms. The molecule has 0 saturated heterocycles. The maximum absolute atomic E-state index is 12.8. The van der Waals surface area contributed by atoms with Crippen LogP contribution in [0.25, 0.3) is 10.2 Å². The maximum atomic E-state index is 12.8. The summed E-state index contributed by atoms with van der Waals surface area (Å²) in [6.07, 6.45) is 1.50. The quantitative estimate of drug-likeness (QED) is 0.442. The van der Waals surface area contributed by atoms with Crippen LogP contribution < -0.4 is 4.80 Å². The summed E-state index contributed by atoms with van der Waals surface area (Å²) >= 11 is 1.45. The molecule has 0 fully saturated rings. The van der Waals surface area contributed by atoms with Crippen molar-refractivity contribution in [3.8, 4) is 0 Å². The summed E-state index contributed by atoms with van der Waals surface area (Å²) in [6, 6.07) is 13.4. The molecular formula is C23H23N3O4S2. The van der Waals surface area contributed by atoms with Gasteiger partial charge in [-0.05, 0) is 73.5 Å². The second kappa shape index (κ2) is 8.50. The Labute approximate surface area is 190 Å². The van der Waals surface area contributed by atoms with Crippen LogP contribution >= 0.6 is 11.3 Å². The van der Waals surface area contributed by atoms with Crippen LogP contribution in [0, 0.1) is 13.8 Å². The van der Waals surface area contributed by atoms with Crippen LogP contribution in [0.2, 0.25) is 0 Å². The molecule has 4 rings (SSSR count). The zero-order valence-electron chi connectivity index (χ0n) is 18.2. The monoisotopic (exact) mass is 469 g/mol. The van der Waals surface area contributed by atoms with E-state index in [9.17, 15) is 13.2 Å². The van der Waals surface area contributed by atoms with Crippen LogP contribution in [0.4, 0.5) is 0 Å². The van der Waals surface area contributed by atoms with E-state index >= 15 is 0 Å². The smallest absolute Gasteiger partial charge is 0.279 e. The lowest BCUT2D eigenvalue weighted by molar-refractivity contribution is 0.0998. The Kier molecular flexibility index (Phi) is 5.89. The topological polar surface area (TPSA) is 84.9 Å². The fourth-order valence-corrected chi connectivity index (χ4v) is 5.53. The summed E-state index contributed by atoms with van der Waals surface area (Å²) in [5.41, 5.74) is 3.71. The molecule has 0 unspecified atom stereocenters. The first kappa shape index (κ1) is 22.2. The number of rotatable bonds is 5. The number of hydrogen-bond acceptors (Lipinski definition) is 5. The number of furan rings is 1. The average molecular weight is 470 g/mol. The van der Waals surface area contributed by atoms with Crippen molar-refractivity contribution in [3.63, 3.8) is 0 Å². The Hall–Kier alpha value is -3.01. The minimum Gasteiger partial charge on any atom is -0.468 e. The van der Waals surface area contributed by atoms with Gasteiger partial charge in [0.1, 0.15) is 5.76 Å². The van der Waals surface area contributed by atoms with Gasteiger partial charge in [-0.3, -0.25) is 4.79 Å². The molecule has 0 atom stereocenters. The van der Waals surface area contributed by atoms with Crippen molar-refractivity contribution < 1.29 is 17.6 Å². The Morgan fingerprint density at radius 2 is 1.81 bits per heavy atom. The summed E-state index contributed by atoms with van der Waals surface area (Å²) in [5.74, 6) is 0.122. The van der Waals surface area contributed by atoms with Crippen LogP contribution in [0.1, 0.15) is 27.2 Å². The molecule has 0 aliphatic heterocycles. The van der Waals surface area contributed by atoms with Crippen molar-refractivity contribution in [3.05, 3.63) is 82.0 Å². The molecule has 32 heavy (non-hydrogen) atoms. The molecule has 7 nitrogen and oxygen atoms in total. The Morgan fingerprint density at radius 1 is 1.12 bits per heavy atom. The van der Waals surface area contributed by atoms with Crippen LogP contribution in [0.5, 0.6) is 0 Å². The highest BCUT2D eigenvalue weighted by Crippen LogP contribution is 2.22. The van der Waals surface area contributed by atoms with Crippen LogP contribution in [-0.4, -0.2) is 30.2 Å². The molecule has 0 spiro atoms. The average Bonchev–Trinajstić information content (AvgIpc) is 3.37. The molecule has 2 aromatic heterocycles. The minimum absolute atomic E-state index is 0.0986. The fourth-order valence-electron chi connectivity index (χ4n) is 3.29. The number of carbonyl (C=O) groups excluding carboxylic acids is 1. The maximum Gasteiger partial charge on any atom is 0.279 e. The summed E-state index contributed by atoms with van der Waals surface area (Å²) in [6.45, 7) is 4.22. The number of benzene rings is 2. The zero-order valence-corrected chi connectivity index (χ0v) is 19.8. The number of carbonyl (C=O) groups is 1. The molecule has 4 aromatic rings. The van der Waals surface area contributed by atoms with E-state index in [1.54, 1.807) is 12.1 Å². The number of nitrogens with zero attached hydrogens (tertiary/aromatic N) is 3. The van der Waals surface area contributed by atoms with Crippen molar-refractivity contribution in [2.75, 3.05) is 7.05 Å². The lowest BCUT2D eigenvalue weighted by Gasteiger charge is -2.16. The number of thiazole rings is 1. The summed E-state index contributed by atoms with van der Waals surface area (Å²) in [7, 11) is -0.357. The molecule has 2 heterocycles. The molecule has 166 valence electrons. The van der Waals surface area contributed by atoms with E-state index in [2.05, 4.69) is 31.0 Å². The number of fused-ring (bicyclic) bond motifs is 1. The summed E-state index contributed by atoms with van der Waals surface area (Å²) < 4.78 is 35.0. The number of sulfonamides is 1. The van der Waals surface area contributed by atoms with Gasteiger partial charge in [0.05, 0.1) is 27.9 Å². The third-order valence-electron chi connectivity index (χ3n) is 5.39. The van der Waals surface area contributed by atoms with E-state index in [1.165, 1.54) is 64.3 Å². The molecule has 0 aliphatic rings. The first-order valence-corrected chi connectivity index (χ1v) is 12.2. The SMILES string of the molecule is Cc1cc2sc(=NC(=O)c3ccc(S(=O)(=O)N(C)Cc4ccco4)cc3)n(C)c2cc1C. The molecule has 0 saturated carbocycles. The van der Waals surface area contributed by atoms with Crippen molar-refractivity contribution in [1.82, 2.24) is 8.87 Å². The van der Waals surface area contributed by atoms with E-state index in [0.29, 0.717) is 16.1 Å². The van der Waals surface area contributed by atoms with Crippen molar-refractivity contribution >= 4 is 37.5 Å². The molecule has 0 aliphatic carbocycles. The van der Waals surface area contributed by atoms with Gasteiger partial charge in [-0.15, -0.1) is 0 Å². The third kappa shape index (κ3) is 4.19. The fraction of sp³-hybridized carbons (Fsp3) is 0.217. The first-order chi connectivity index (χ1) is 15.2. The van der Waals surface area contributed by atoms with Gasteiger partial charge in [0.15, 0.2) is 4.80 Å². The zero-order chi connectivity index (χ0) is 23.0. The standard InChI is InChI=1S/C23H23N3O4S2/c1-15-12-20-21(13-16(15)2)31-23(26(20)4)24-22(27)17-7-9-19(10-8-17)32(28,29)25(3)14-18-6-5-11-30-18/h5-13H,14H2,1-4H3. The van der Waals surface area contributed by atoms with E-state index < -0.39 is 15.9 Å². The van der Waals surface area contributed by atoms with E-state index in [4.69, 9.17) is 4.42 Å². The second-order valence-corrected chi connectivity index (χ2v) is 10.7. The number of amides is 1. The van der Waals surface area contributed by atoms with Gasteiger partial charge in [-0.2, -0.15) is 9.30 Å². The van der Waals surface area contributed by atoms with Crippen LogP contribution in [-0.2, 0) is 23.6 Å². The van der Waals surface area contributed by atoms with Crippen molar-refractivity contribution in [2.24, 2.45) is 12.0 Å². The predicted molar refractivity (Wildman–Crippen MR) is 124 cm³/mol. The molecule has 0 bridgehead atoms. The van der Waals surface area contributed by atoms with Crippen molar-refractivity contribution in [2.45, 2.75) is 25.3 Å². The first-order valence-electron chi connectivity index (χ1n) is 9.91. The molecule has 1 amide bonds. The molecule has 0 radical (unpaired) electrons. The van der Waals surface area contributed by atoms with E-state index in [1.807, 2.05) is 11.6 Å². The largest absolute Gasteiger partial charge is 0.468 e. The van der Waals surface area contributed by atoms with Gasteiger partial charge in [-0.25, -0.2) is 8.42 Å². The molecular weight excluding hydrogens is 446 g/mol. The lowest BCUT2D eigenvalue weighted by atomic mass is 10.1. The minimum atomic E-state index is -3.72. The molecule has 0 N–H and O–H groups in total. The van der Waals surface area contributed by atoms with Crippen LogP contribution in [0.3, 0.4) is 0 Å². The predicted octanol–water partition coefficient (Wildman–Crippen LogP) is 4.01. The van der Waals surface area contributed by atoms with Crippen LogP contribution in [0.15, 0.2) is 69.1 Å². The van der Waals surface area contributed by atoms with E-state index in [0.717, 1.165) is 10.2 Å². The molecule has 2 aromatic carbocycles. The van der Waals surface area contributed by atoms with Gasteiger partial charge >= 0.3 is 0 Å². The second-order valence-electron chi connectivity index (χ2n) is 7.63. The van der Waals surface area contributed by atoms with Gasteiger partial charge in [0.25, 0.3) is 5.91 Å². The summed E-state index contributed by atoms with van der Waals surface area (Å²) in [5, 5.41) is 0. The van der Waals surface area contributed by atoms with Gasteiger partial charge < -0.3 is 8.98 Å². The number of aromatic nitrogens is 1. The van der Waals surface area contributed by atoms with Gasteiger partial charge in [0.2, 0.25) is 10.0 Å². The Balaban J connectivity index is 1.60. The van der Waals surface area contributed by atoms with E-state index in [-0.39, 0.29) is 11.4 Å². The Morgan fingerprint density at radius 3 is 2.47 bits per heavy atom. The van der Waals surface area contributed by atoms with Crippen molar-refractivity contribution in [1.29, 1.82) is 0 Å². The Bertz CT molecular complexity index is 1460. The highest BCUT2D eigenvalue weighted by atomic mass is 32.2. The number of aryl methyl sites for hydroxylation is 3. The summed E-state index contributed by atoms with van der Waals surface area (Å²) in [4.78, 5) is 17.7.